The topological polar surface area (TPSA) is 53.8 Å². The van der Waals surface area contributed by atoms with Crippen LogP contribution < -0.4 is 4.90 Å². The van der Waals surface area contributed by atoms with Gasteiger partial charge in [0, 0.05) is 30.8 Å². The molecule has 3 rings (SSSR count). The van der Waals surface area contributed by atoms with Gasteiger partial charge in [0.2, 0.25) is 5.09 Å². The van der Waals surface area contributed by atoms with Gasteiger partial charge in [-0.05, 0) is 31.2 Å². The summed E-state index contributed by atoms with van der Waals surface area (Å²) in [4.78, 5) is 3.51. The Labute approximate surface area is 141 Å². The fourth-order valence-corrected chi connectivity index (χ4v) is 4.45. The van der Waals surface area contributed by atoms with Crippen LogP contribution in [0.25, 0.3) is 0 Å². The molecular formula is C16H20N2O3S2. The van der Waals surface area contributed by atoms with Crippen molar-refractivity contribution in [3.8, 4) is 0 Å². The molecule has 1 aliphatic rings. The van der Waals surface area contributed by atoms with Crippen molar-refractivity contribution in [2.45, 2.75) is 29.5 Å². The first kappa shape index (κ1) is 16.4. The van der Waals surface area contributed by atoms with Crippen molar-refractivity contribution in [1.29, 1.82) is 0 Å². The van der Waals surface area contributed by atoms with Gasteiger partial charge in [-0.25, -0.2) is 12.7 Å². The first-order valence-corrected chi connectivity index (χ1v) is 9.82. The second-order valence-electron chi connectivity index (χ2n) is 5.76. The molecule has 1 atom stereocenters. The molecule has 1 aromatic heterocycles. The van der Waals surface area contributed by atoms with Crippen LogP contribution in [-0.4, -0.2) is 38.6 Å². The number of rotatable bonds is 4. The van der Waals surface area contributed by atoms with Crippen molar-refractivity contribution >= 4 is 27.5 Å². The number of benzene rings is 1. The van der Waals surface area contributed by atoms with E-state index in [-0.39, 0.29) is 5.09 Å². The Morgan fingerprint density at radius 3 is 2.74 bits per heavy atom. The van der Waals surface area contributed by atoms with Gasteiger partial charge in [0.25, 0.3) is 10.0 Å². The summed E-state index contributed by atoms with van der Waals surface area (Å²) in [6, 6.07) is 11.9. The number of furan rings is 1. The van der Waals surface area contributed by atoms with Crippen LogP contribution in [-0.2, 0) is 16.6 Å². The lowest BCUT2D eigenvalue weighted by Gasteiger charge is -2.36. The minimum absolute atomic E-state index is 0.00942. The van der Waals surface area contributed by atoms with Gasteiger partial charge in [0.05, 0.1) is 12.2 Å². The van der Waals surface area contributed by atoms with E-state index < -0.39 is 10.0 Å². The Morgan fingerprint density at radius 2 is 2.00 bits per heavy atom. The van der Waals surface area contributed by atoms with Crippen LogP contribution in [0.1, 0.15) is 12.7 Å². The van der Waals surface area contributed by atoms with Gasteiger partial charge in [-0.1, -0.05) is 12.1 Å². The Hall–Kier alpha value is -1.44. The van der Waals surface area contributed by atoms with E-state index in [0.29, 0.717) is 18.3 Å². The number of fused-ring (bicyclic) bond motifs is 1. The lowest BCUT2D eigenvalue weighted by Crippen LogP contribution is -2.37. The molecule has 0 fully saturated rings. The van der Waals surface area contributed by atoms with Gasteiger partial charge < -0.3 is 9.32 Å². The Bertz CT molecular complexity index is 799. The lowest BCUT2D eigenvalue weighted by atomic mass is 10.2. The molecule has 0 bridgehead atoms. The summed E-state index contributed by atoms with van der Waals surface area (Å²) < 4.78 is 31.0. The number of para-hydroxylation sites is 1. The molecule has 0 aliphatic carbocycles. The van der Waals surface area contributed by atoms with Crippen molar-refractivity contribution in [2.24, 2.45) is 0 Å². The molecule has 0 unspecified atom stereocenters. The molecule has 7 heteroatoms. The van der Waals surface area contributed by atoms with E-state index in [9.17, 15) is 8.42 Å². The van der Waals surface area contributed by atoms with Crippen LogP contribution in [0.2, 0.25) is 0 Å². The predicted octanol–water partition coefficient (Wildman–Crippen LogP) is 3.03. The number of nitrogens with zero attached hydrogens (tertiary/aromatic N) is 2. The van der Waals surface area contributed by atoms with E-state index in [1.165, 1.54) is 30.7 Å². The standard InChI is InChI=1S/C16H20N2O3S2/c1-12-11-22-15-7-5-4-6-14(15)18(12)10-13-8-9-16(21-13)23(19,20)17(2)3/h4-9,12H,10-11H2,1-3H3/t12-/m0/s1. The van der Waals surface area contributed by atoms with Crippen LogP contribution in [0.4, 0.5) is 5.69 Å². The van der Waals surface area contributed by atoms with E-state index in [0.717, 1.165) is 10.1 Å². The average molecular weight is 352 g/mol. The van der Waals surface area contributed by atoms with Crippen molar-refractivity contribution in [3.05, 3.63) is 42.2 Å². The normalized spacial score (nSPS) is 18.3. The molecule has 5 nitrogen and oxygen atoms in total. The van der Waals surface area contributed by atoms with Crippen LogP contribution in [0.15, 0.2) is 50.8 Å². The van der Waals surface area contributed by atoms with Gasteiger partial charge in [-0.15, -0.1) is 11.8 Å². The zero-order chi connectivity index (χ0) is 16.6. The third kappa shape index (κ3) is 3.13. The molecule has 2 aromatic rings. The SMILES string of the molecule is C[C@H]1CSc2ccccc2N1Cc1ccc(S(=O)(=O)N(C)C)o1. The summed E-state index contributed by atoms with van der Waals surface area (Å²) in [6.07, 6.45) is 0. The fraction of sp³-hybridized carbons (Fsp3) is 0.375. The largest absolute Gasteiger partial charge is 0.446 e. The minimum Gasteiger partial charge on any atom is -0.446 e. The van der Waals surface area contributed by atoms with Crippen LogP contribution in [0, 0.1) is 0 Å². The van der Waals surface area contributed by atoms with Crippen LogP contribution >= 0.6 is 11.8 Å². The average Bonchev–Trinajstić information content (AvgIpc) is 2.99. The molecular weight excluding hydrogens is 332 g/mol. The lowest BCUT2D eigenvalue weighted by molar-refractivity contribution is 0.393. The van der Waals surface area contributed by atoms with E-state index in [1.807, 2.05) is 23.9 Å². The highest BCUT2D eigenvalue weighted by Gasteiger charge is 2.26. The van der Waals surface area contributed by atoms with E-state index in [2.05, 4.69) is 24.0 Å². The third-order valence-corrected chi connectivity index (χ3v) is 6.88. The van der Waals surface area contributed by atoms with Gasteiger partial charge in [0.15, 0.2) is 0 Å². The molecule has 0 N–H and O–H groups in total. The van der Waals surface area contributed by atoms with Gasteiger partial charge in [0.1, 0.15) is 5.76 Å². The molecule has 0 radical (unpaired) electrons. The molecule has 0 saturated heterocycles. The van der Waals surface area contributed by atoms with Crippen molar-refractivity contribution < 1.29 is 12.8 Å². The second kappa shape index (κ2) is 6.22. The summed E-state index contributed by atoms with van der Waals surface area (Å²) in [5, 5.41) is -0.00942. The summed E-state index contributed by atoms with van der Waals surface area (Å²) in [5.41, 5.74) is 1.17. The third-order valence-electron chi connectivity index (χ3n) is 3.88. The number of hydrogen-bond donors (Lipinski definition) is 0. The molecule has 2 heterocycles. The van der Waals surface area contributed by atoms with Gasteiger partial charge in [-0.3, -0.25) is 0 Å². The Morgan fingerprint density at radius 1 is 1.26 bits per heavy atom. The quantitative estimate of drug-likeness (QED) is 0.846. The zero-order valence-corrected chi connectivity index (χ0v) is 15.0. The molecule has 124 valence electrons. The number of anilines is 1. The smallest absolute Gasteiger partial charge is 0.275 e. The summed E-state index contributed by atoms with van der Waals surface area (Å²) in [5.74, 6) is 1.65. The monoisotopic (exact) mass is 352 g/mol. The van der Waals surface area contributed by atoms with Crippen molar-refractivity contribution in [1.82, 2.24) is 4.31 Å². The summed E-state index contributed by atoms with van der Waals surface area (Å²) >= 11 is 1.85. The van der Waals surface area contributed by atoms with Crippen LogP contribution in [0.3, 0.4) is 0 Å². The highest BCUT2D eigenvalue weighted by molar-refractivity contribution is 7.99. The van der Waals surface area contributed by atoms with E-state index >= 15 is 0 Å². The molecule has 23 heavy (non-hydrogen) atoms. The Kier molecular flexibility index (Phi) is 4.44. The first-order valence-electron chi connectivity index (χ1n) is 7.39. The fourth-order valence-electron chi connectivity index (χ4n) is 2.52. The maximum Gasteiger partial charge on any atom is 0.275 e. The predicted molar refractivity (Wildman–Crippen MR) is 92.4 cm³/mol. The maximum atomic E-state index is 12.1. The van der Waals surface area contributed by atoms with Crippen LogP contribution in [0.5, 0.6) is 0 Å². The van der Waals surface area contributed by atoms with E-state index in [4.69, 9.17) is 4.42 Å². The molecule has 1 aromatic carbocycles. The van der Waals surface area contributed by atoms with Gasteiger partial charge in [-0.2, -0.15) is 0 Å². The van der Waals surface area contributed by atoms with Crippen molar-refractivity contribution in [2.75, 3.05) is 24.7 Å². The van der Waals surface area contributed by atoms with Crippen molar-refractivity contribution in [3.63, 3.8) is 0 Å². The van der Waals surface area contributed by atoms with E-state index in [1.54, 1.807) is 6.07 Å². The molecule has 0 saturated carbocycles. The molecule has 0 spiro atoms. The zero-order valence-electron chi connectivity index (χ0n) is 13.4. The number of sulfonamides is 1. The molecule has 0 amide bonds. The summed E-state index contributed by atoms with van der Waals surface area (Å²) in [7, 11) is -0.531. The maximum absolute atomic E-state index is 12.1. The van der Waals surface area contributed by atoms with Gasteiger partial charge >= 0.3 is 0 Å². The number of thioether (sulfide) groups is 1. The molecule has 1 aliphatic heterocycles. The second-order valence-corrected chi connectivity index (χ2v) is 8.91. The first-order chi connectivity index (χ1) is 10.9. The Balaban J connectivity index is 1.87. The highest BCUT2D eigenvalue weighted by atomic mass is 32.2. The summed E-state index contributed by atoms with van der Waals surface area (Å²) in [6.45, 7) is 2.73. The highest BCUT2D eigenvalue weighted by Crippen LogP contribution is 2.38. The number of hydrogen-bond acceptors (Lipinski definition) is 5. The minimum atomic E-state index is -3.53.